The standard InChI is InChI=1S/C20H21FN2O4/c1-12-9-10-13(18(25)23(4)20(2,3)19(26)27)11-16(12)22-17(24)14-7-5-6-8-15(14)21/h5-11H,1-4H3,(H,22,24)(H,26,27). The maximum Gasteiger partial charge on any atom is 0.329 e. The van der Waals surface area contributed by atoms with Crippen LogP contribution in [0.3, 0.4) is 0 Å². The number of benzene rings is 2. The summed E-state index contributed by atoms with van der Waals surface area (Å²) in [7, 11) is 1.40. The highest BCUT2D eigenvalue weighted by Crippen LogP contribution is 2.22. The molecule has 0 atom stereocenters. The molecule has 0 spiro atoms. The number of carboxylic acid groups (broad SMARTS) is 1. The minimum absolute atomic E-state index is 0.113. The number of anilines is 1. The third kappa shape index (κ3) is 4.13. The van der Waals surface area contributed by atoms with Crippen molar-refractivity contribution in [1.82, 2.24) is 4.90 Å². The van der Waals surface area contributed by atoms with Crippen LogP contribution in [0.2, 0.25) is 0 Å². The molecule has 2 rings (SSSR count). The summed E-state index contributed by atoms with van der Waals surface area (Å²) in [5.74, 6) is -2.94. The van der Waals surface area contributed by atoms with Crippen LogP contribution in [0.1, 0.15) is 40.1 Å². The molecule has 2 aromatic carbocycles. The summed E-state index contributed by atoms with van der Waals surface area (Å²) in [4.78, 5) is 37.5. The molecule has 0 aliphatic rings. The van der Waals surface area contributed by atoms with Crippen LogP contribution in [0.15, 0.2) is 42.5 Å². The van der Waals surface area contributed by atoms with Gasteiger partial charge in [-0.15, -0.1) is 0 Å². The summed E-state index contributed by atoms with van der Waals surface area (Å²) in [6.07, 6.45) is 0. The molecule has 0 aromatic heterocycles. The Labute approximate surface area is 156 Å². The lowest BCUT2D eigenvalue weighted by molar-refractivity contribution is -0.147. The summed E-state index contributed by atoms with van der Waals surface area (Å²) in [6, 6.07) is 10.2. The number of nitrogens with zero attached hydrogens (tertiary/aromatic N) is 1. The number of carbonyl (C=O) groups excluding carboxylic acids is 2. The second-order valence-corrected chi connectivity index (χ2v) is 6.69. The average molecular weight is 372 g/mol. The Morgan fingerprint density at radius 2 is 1.74 bits per heavy atom. The molecule has 0 heterocycles. The minimum Gasteiger partial charge on any atom is -0.480 e. The van der Waals surface area contributed by atoms with Gasteiger partial charge in [0.05, 0.1) is 5.56 Å². The highest BCUT2D eigenvalue weighted by molar-refractivity contribution is 6.06. The van der Waals surface area contributed by atoms with Gasteiger partial charge in [0.15, 0.2) is 0 Å². The van der Waals surface area contributed by atoms with Crippen molar-refractivity contribution in [3.63, 3.8) is 0 Å². The molecule has 2 aromatic rings. The van der Waals surface area contributed by atoms with Crippen LogP contribution >= 0.6 is 0 Å². The highest BCUT2D eigenvalue weighted by Gasteiger charge is 2.35. The van der Waals surface area contributed by atoms with E-state index in [-0.39, 0.29) is 11.1 Å². The number of hydrogen-bond acceptors (Lipinski definition) is 3. The van der Waals surface area contributed by atoms with E-state index in [1.54, 1.807) is 25.1 Å². The second-order valence-electron chi connectivity index (χ2n) is 6.69. The zero-order valence-electron chi connectivity index (χ0n) is 15.5. The number of halogens is 1. The quantitative estimate of drug-likeness (QED) is 0.843. The number of amides is 2. The Bertz CT molecular complexity index is 909. The van der Waals surface area contributed by atoms with E-state index in [9.17, 15) is 23.9 Å². The second kappa shape index (κ2) is 7.57. The maximum absolute atomic E-state index is 13.8. The lowest BCUT2D eigenvalue weighted by atomic mass is 10.0. The number of hydrogen-bond donors (Lipinski definition) is 2. The van der Waals surface area contributed by atoms with E-state index in [4.69, 9.17) is 0 Å². The Kier molecular flexibility index (Phi) is 5.64. The fourth-order valence-corrected chi connectivity index (χ4v) is 2.32. The van der Waals surface area contributed by atoms with Gasteiger partial charge in [-0.1, -0.05) is 18.2 Å². The smallest absolute Gasteiger partial charge is 0.329 e. The van der Waals surface area contributed by atoms with Crippen molar-refractivity contribution in [1.29, 1.82) is 0 Å². The van der Waals surface area contributed by atoms with Crippen LogP contribution in [-0.4, -0.2) is 40.4 Å². The molecule has 2 N–H and O–H groups in total. The first-order chi connectivity index (χ1) is 12.6. The molecular weight excluding hydrogens is 351 g/mol. The lowest BCUT2D eigenvalue weighted by Crippen LogP contribution is -2.50. The van der Waals surface area contributed by atoms with E-state index in [1.807, 2.05) is 0 Å². The van der Waals surface area contributed by atoms with E-state index in [0.717, 1.165) is 4.90 Å². The Balaban J connectivity index is 2.31. The van der Waals surface area contributed by atoms with E-state index in [2.05, 4.69) is 5.32 Å². The van der Waals surface area contributed by atoms with Crippen molar-refractivity contribution in [3.05, 3.63) is 65.0 Å². The molecule has 0 saturated heterocycles. The predicted molar refractivity (Wildman–Crippen MR) is 99.3 cm³/mol. The normalized spacial score (nSPS) is 11.0. The number of carbonyl (C=O) groups is 3. The average Bonchev–Trinajstić information content (AvgIpc) is 2.62. The Hall–Kier alpha value is -3.22. The minimum atomic E-state index is -1.40. The fourth-order valence-electron chi connectivity index (χ4n) is 2.32. The first-order valence-electron chi connectivity index (χ1n) is 8.23. The van der Waals surface area contributed by atoms with Crippen LogP contribution in [0.5, 0.6) is 0 Å². The van der Waals surface area contributed by atoms with Gasteiger partial charge < -0.3 is 15.3 Å². The van der Waals surface area contributed by atoms with Crippen LogP contribution in [0.4, 0.5) is 10.1 Å². The molecule has 0 unspecified atom stereocenters. The molecule has 0 fully saturated rings. The van der Waals surface area contributed by atoms with Gasteiger partial charge in [0.2, 0.25) is 0 Å². The molecule has 0 aliphatic heterocycles. The summed E-state index contributed by atoms with van der Waals surface area (Å²) in [6.45, 7) is 4.57. The van der Waals surface area contributed by atoms with Gasteiger partial charge in [-0.25, -0.2) is 9.18 Å². The van der Waals surface area contributed by atoms with Crippen molar-refractivity contribution in [2.75, 3.05) is 12.4 Å². The van der Waals surface area contributed by atoms with Gasteiger partial charge in [0, 0.05) is 18.3 Å². The molecule has 0 aliphatic carbocycles. The number of nitrogens with one attached hydrogen (secondary N) is 1. The summed E-state index contributed by atoms with van der Waals surface area (Å²) in [5.41, 5.74) is -0.288. The molecule has 2 amide bonds. The molecule has 142 valence electrons. The van der Waals surface area contributed by atoms with Crippen molar-refractivity contribution < 1.29 is 23.9 Å². The fraction of sp³-hybridized carbons (Fsp3) is 0.250. The van der Waals surface area contributed by atoms with Gasteiger partial charge in [-0.3, -0.25) is 9.59 Å². The molecule has 27 heavy (non-hydrogen) atoms. The number of aliphatic carboxylic acids is 1. The van der Waals surface area contributed by atoms with E-state index >= 15 is 0 Å². The maximum atomic E-state index is 13.8. The first-order valence-corrected chi connectivity index (χ1v) is 8.23. The SMILES string of the molecule is Cc1ccc(C(=O)N(C)C(C)(C)C(=O)O)cc1NC(=O)c1ccccc1F. The Morgan fingerprint density at radius 1 is 1.11 bits per heavy atom. The van der Waals surface area contributed by atoms with E-state index in [1.165, 1.54) is 45.2 Å². The van der Waals surface area contributed by atoms with E-state index < -0.39 is 29.1 Å². The van der Waals surface area contributed by atoms with E-state index in [0.29, 0.717) is 11.3 Å². The van der Waals surface area contributed by atoms with Crippen LogP contribution in [-0.2, 0) is 4.79 Å². The summed E-state index contributed by atoms with van der Waals surface area (Å²) >= 11 is 0. The van der Waals surface area contributed by atoms with Gasteiger partial charge in [0.25, 0.3) is 11.8 Å². The third-order valence-corrected chi connectivity index (χ3v) is 4.52. The third-order valence-electron chi connectivity index (χ3n) is 4.52. The van der Waals surface area contributed by atoms with Gasteiger partial charge in [0.1, 0.15) is 11.4 Å². The van der Waals surface area contributed by atoms with Crippen LogP contribution in [0, 0.1) is 12.7 Å². The summed E-state index contributed by atoms with van der Waals surface area (Å²) in [5, 5.41) is 11.9. The van der Waals surface area contributed by atoms with Gasteiger partial charge in [-0.2, -0.15) is 0 Å². The zero-order valence-corrected chi connectivity index (χ0v) is 15.5. The van der Waals surface area contributed by atoms with Crippen molar-refractivity contribution in [3.8, 4) is 0 Å². The number of rotatable bonds is 5. The molecule has 7 heteroatoms. The lowest BCUT2D eigenvalue weighted by Gasteiger charge is -2.31. The van der Waals surface area contributed by atoms with Gasteiger partial charge in [-0.05, 0) is 50.6 Å². The van der Waals surface area contributed by atoms with Crippen LogP contribution < -0.4 is 5.32 Å². The molecule has 0 saturated carbocycles. The monoisotopic (exact) mass is 372 g/mol. The molecular formula is C20H21FN2O4. The highest BCUT2D eigenvalue weighted by atomic mass is 19.1. The summed E-state index contributed by atoms with van der Waals surface area (Å²) < 4.78 is 13.8. The van der Waals surface area contributed by atoms with Crippen molar-refractivity contribution in [2.45, 2.75) is 26.3 Å². The zero-order chi connectivity index (χ0) is 20.4. The number of likely N-dealkylation sites (N-methyl/N-ethyl adjacent to an activating group) is 1. The van der Waals surface area contributed by atoms with Crippen LogP contribution in [0.25, 0.3) is 0 Å². The number of carboxylic acids is 1. The largest absolute Gasteiger partial charge is 0.480 e. The number of aryl methyl sites for hydroxylation is 1. The Morgan fingerprint density at radius 3 is 2.33 bits per heavy atom. The topological polar surface area (TPSA) is 86.7 Å². The molecule has 0 radical (unpaired) electrons. The van der Waals surface area contributed by atoms with Crippen molar-refractivity contribution in [2.24, 2.45) is 0 Å². The molecule has 0 bridgehead atoms. The predicted octanol–water partition coefficient (Wildman–Crippen LogP) is 3.32. The van der Waals surface area contributed by atoms with Crippen molar-refractivity contribution >= 4 is 23.5 Å². The molecule has 6 nitrogen and oxygen atoms in total. The van der Waals surface area contributed by atoms with Gasteiger partial charge >= 0.3 is 5.97 Å². The first kappa shape index (κ1) is 20.1.